The monoisotopic (exact) mass is 411 g/mol. The van der Waals surface area contributed by atoms with Gasteiger partial charge in [0.05, 0.1) is 5.52 Å². The van der Waals surface area contributed by atoms with Gasteiger partial charge in [0.1, 0.15) is 5.82 Å². The molecule has 3 aromatic rings. The Morgan fingerprint density at radius 1 is 1.00 bits per heavy atom. The molecule has 0 fully saturated rings. The van der Waals surface area contributed by atoms with Crippen molar-refractivity contribution in [1.82, 2.24) is 4.98 Å². The molecule has 0 saturated carbocycles. The van der Waals surface area contributed by atoms with Gasteiger partial charge in [-0.3, -0.25) is 4.99 Å². The van der Waals surface area contributed by atoms with Gasteiger partial charge in [0.15, 0.2) is 5.96 Å². The Morgan fingerprint density at radius 2 is 1.77 bits per heavy atom. The molecule has 26 heavy (non-hydrogen) atoms. The first-order valence-corrected chi connectivity index (χ1v) is 9.32. The number of pyridine rings is 1. The first kappa shape index (κ1) is 18.2. The molecule has 0 aliphatic heterocycles. The maximum absolute atomic E-state index is 5.42. The minimum atomic E-state index is 0.133. The number of hydrogen-bond donors (Lipinski definition) is 2. The van der Waals surface area contributed by atoms with Crippen LogP contribution in [0.15, 0.2) is 70.1 Å². The second-order valence-corrected chi connectivity index (χ2v) is 6.99. The van der Waals surface area contributed by atoms with E-state index in [1.807, 2.05) is 18.2 Å². The molecule has 0 unspecified atom stereocenters. The summed E-state index contributed by atoms with van der Waals surface area (Å²) in [6, 6.07) is 20.7. The summed E-state index contributed by atoms with van der Waals surface area (Å²) in [6.07, 6.45) is 0.850. The lowest BCUT2D eigenvalue weighted by Crippen LogP contribution is -2.26. The van der Waals surface area contributed by atoms with Crippen LogP contribution >= 0.6 is 15.9 Å². The highest BCUT2D eigenvalue weighted by Gasteiger charge is 2.10. The lowest BCUT2D eigenvalue weighted by atomic mass is 10.2. The molecule has 0 aliphatic carbocycles. The van der Waals surface area contributed by atoms with E-state index in [0.717, 1.165) is 40.7 Å². The van der Waals surface area contributed by atoms with Crippen LogP contribution < -0.4 is 16.4 Å². The summed E-state index contributed by atoms with van der Waals surface area (Å²) < 4.78 is 1.07. The first-order valence-electron chi connectivity index (χ1n) is 8.52. The summed E-state index contributed by atoms with van der Waals surface area (Å²) in [4.78, 5) is 11.2. The van der Waals surface area contributed by atoms with E-state index in [2.05, 4.69) is 68.3 Å². The van der Waals surface area contributed by atoms with Crippen LogP contribution in [0.25, 0.3) is 10.9 Å². The average Bonchev–Trinajstić information content (AvgIpc) is 2.65. The fourth-order valence-electron chi connectivity index (χ4n) is 2.79. The van der Waals surface area contributed by atoms with E-state index < -0.39 is 0 Å². The van der Waals surface area contributed by atoms with Gasteiger partial charge in [-0.05, 0) is 42.3 Å². The zero-order valence-electron chi connectivity index (χ0n) is 14.5. The van der Waals surface area contributed by atoms with E-state index in [1.54, 1.807) is 0 Å². The third-order valence-corrected chi connectivity index (χ3v) is 4.60. The third kappa shape index (κ3) is 4.95. The maximum atomic E-state index is 5.42. The Bertz CT molecular complexity index is 888. The number of benzene rings is 2. The van der Waals surface area contributed by atoms with E-state index in [-0.39, 0.29) is 5.96 Å². The molecule has 0 bridgehead atoms. The van der Waals surface area contributed by atoms with Gasteiger partial charge in [-0.1, -0.05) is 46.3 Å². The maximum Gasteiger partial charge on any atom is 0.185 e. The van der Waals surface area contributed by atoms with E-state index in [9.17, 15) is 0 Å². The van der Waals surface area contributed by atoms with E-state index in [0.29, 0.717) is 6.54 Å². The van der Waals surface area contributed by atoms with Crippen molar-refractivity contribution < 1.29 is 0 Å². The number of hydrogen-bond acceptors (Lipinski definition) is 3. The predicted molar refractivity (Wildman–Crippen MR) is 112 cm³/mol. The molecule has 0 spiro atoms. The van der Waals surface area contributed by atoms with Gasteiger partial charge in [0, 0.05) is 29.5 Å². The van der Waals surface area contributed by atoms with Crippen molar-refractivity contribution in [2.45, 2.75) is 13.0 Å². The Kier molecular flexibility index (Phi) is 6.07. The van der Waals surface area contributed by atoms with Gasteiger partial charge >= 0.3 is 0 Å². The number of aromatic nitrogens is 1. The Balaban J connectivity index is 1.82. The lowest BCUT2D eigenvalue weighted by molar-refractivity contribution is 0.727. The average molecular weight is 412 g/mol. The smallest absolute Gasteiger partial charge is 0.185 e. The van der Waals surface area contributed by atoms with Crippen LogP contribution in [0.1, 0.15) is 12.0 Å². The number of guanidine groups is 1. The molecule has 4 N–H and O–H groups in total. The fourth-order valence-corrected chi connectivity index (χ4v) is 3.05. The predicted octanol–water partition coefficient (Wildman–Crippen LogP) is 3.67. The minimum Gasteiger partial charge on any atom is -0.370 e. The molecular weight excluding hydrogens is 390 g/mol. The van der Waals surface area contributed by atoms with Crippen LogP contribution in [0, 0.1) is 0 Å². The number of rotatable bonds is 7. The lowest BCUT2D eigenvalue weighted by Gasteiger charge is -2.24. The van der Waals surface area contributed by atoms with Crippen molar-refractivity contribution in [2.75, 3.05) is 18.0 Å². The van der Waals surface area contributed by atoms with Gasteiger partial charge in [0.25, 0.3) is 0 Å². The van der Waals surface area contributed by atoms with Gasteiger partial charge in [-0.25, -0.2) is 4.98 Å². The molecule has 0 atom stereocenters. The SMILES string of the molecule is NC(N)=NCCCN(Cc1ccc(Br)cc1)c1ccc2ccccc2n1. The van der Waals surface area contributed by atoms with Crippen molar-refractivity contribution in [3.8, 4) is 0 Å². The molecule has 1 aromatic heterocycles. The molecule has 0 saturated heterocycles. The van der Waals surface area contributed by atoms with Crippen LogP contribution in [0.3, 0.4) is 0 Å². The van der Waals surface area contributed by atoms with Crippen molar-refractivity contribution >= 4 is 38.6 Å². The van der Waals surface area contributed by atoms with Crippen molar-refractivity contribution in [1.29, 1.82) is 0 Å². The zero-order valence-corrected chi connectivity index (χ0v) is 16.1. The van der Waals surface area contributed by atoms with Crippen LogP contribution in [-0.4, -0.2) is 24.0 Å². The summed E-state index contributed by atoms with van der Waals surface area (Å²) in [5.41, 5.74) is 13.1. The number of para-hydroxylation sites is 1. The van der Waals surface area contributed by atoms with Crippen LogP contribution in [-0.2, 0) is 6.54 Å². The molecule has 2 aromatic carbocycles. The van der Waals surface area contributed by atoms with Gasteiger partial charge in [-0.2, -0.15) is 0 Å². The summed E-state index contributed by atoms with van der Waals surface area (Å²) in [5, 5.41) is 1.14. The molecule has 0 radical (unpaired) electrons. The normalized spacial score (nSPS) is 10.7. The number of nitrogens with two attached hydrogens (primary N) is 2. The van der Waals surface area contributed by atoms with Crippen LogP contribution in [0.2, 0.25) is 0 Å². The number of aliphatic imine (C=N–C) groups is 1. The molecule has 6 heteroatoms. The minimum absolute atomic E-state index is 0.133. The number of nitrogens with zero attached hydrogens (tertiary/aromatic N) is 3. The largest absolute Gasteiger partial charge is 0.370 e. The molecule has 3 rings (SSSR count). The van der Waals surface area contributed by atoms with Gasteiger partial charge in [0.2, 0.25) is 0 Å². The van der Waals surface area contributed by atoms with E-state index in [4.69, 9.17) is 16.5 Å². The van der Waals surface area contributed by atoms with Crippen molar-refractivity contribution in [3.05, 3.63) is 70.7 Å². The highest BCUT2D eigenvalue weighted by Crippen LogP contribution is 2.21. The van der Waals surface area contributed by atoms with Crippen molar-refractivity contribution in [3.63, 3.8) is 0 Å². The fraction of sp³-hybridized carbons (Fsp3) is 0.200. The number of anilines is 1. The molecular formula is C20H22BrN5. The summed E-state index contributed by atoms with van der Waals surface area (Å²) in [7, 11) is 0. The third-order valence-electron chi connectivity index (χ3n) is 4.07. The summed E-state index contributed by atoms with van der Waals surface area (Å²) in [5.74, 6) is 1.09. The second-order valence-electron chi connectivity index (χ2n) is 6.07. The molecule has 134 valence electrons. The van der Waals surface area contributed by atoms with Gasteiger partial charge in [-0.15, -0.1) is 0 Å². The Morgan fingerprint density at radius 3 is 2.54 bits per heavy atom. The van der Waals surface area contributed by atoms with Crippen LogP contribution in [0.5, 0.6) is 0 Å². The van der Waals surface area contributed by atoms with E-state index in [1.165, 1.54) is 5.56 Å². The highest BCUT2D eigenvalue weighted by atomic mass is 79.9. The number of halogens is 1. The molecule has 0 aliphatic rings. The Hall–Kier alpha value is -2.60. The second kappa shape index (κ2) is 8.67. The number of fused-ring (bicyclic) bond motifs is 1. The van der Waals surface area contributed by atoms with Crippen LogP contribution in [0.4, 0.5) is 5.82 Å². The highest BCUT2D eigenvalue weighted by molar-refractivity contribution is 9.10. The first-order chi connectivity index (χ1) is 12.6. The molecule has 5 nitrogen and oxygen atoms in total. The molecule has 0 amide bonds. The molecule has 1 heterocycles. The topological polar surface area (TPSA) is 80.5 Å². The quantitative estimate of drug-likeness (QED) is 0.353. The standard InChI is InChI=1S/C20H22BrN5/c21-17-9-6-15(7-10-17)14-26(13-3-12-24-20(22)23)19-11-8-16-4-1-2-5-18(16)25-19/h1-2,4-11H,3,12-14H2,(H4,22,23,24). The zero-order chi connectivity index (χ0) is 18.4. The van der Waals surface area contributed by atoms with Gasteiger partial charge < -0.3 is 16.4 Å². The summed E-state index contributed by atoms with van der Waals surface area (Å²) >= 11 is 3.48. The summed E-state index contributed by atoms with van der Waals surface area (Å²) in [6.45, 7) is 2.20. The Labute approximate surface area is 161 Å². The van der Waals surface area contributed by atoms with Crippen molar-refractivity contribution in [2.24, 2.45) is 16.5 Å². The van der Waals surface area contributed by atoms with E-state index >= 15 is 0 Å².